The summed E-state index contributed by atoms with van der Waals surface area (Å²) >= 11 is 0. The molecule has 1 aliphatic heterocycles. The first kappa shape index (κ1) is 16.0. The first-order chi connectivity index (χ1) is 10.9. The number of carbonyl (C=O) groups excluding carboxylic acids is 2. The lowest BCUT2D eigenvalue weighted by Gasteiger charge is -2.40. The van der Waals surface area contributed by atoms with Crippen LogP contribution in [0.25, 0.3) is 0 Å². The summed E-state index contributed by atoms with van der Waals surface area (Å²) in [7, 11) is 0. The molecule has 3 rings (SSSR count). The molecule has 2 N–H and O–H groups in total. The molecule has 1 heterocycles. The maximum absolute atomic E-state index is 13.7. The standard InChI is InChI=1S/C18H23FN2O2/c1-18(2,11-5-3-6-11)10-20-15(22)9-13-12-7-4-8-14(19)16(12)21-17(13)23/h4,7-8,11,13H,3,5-6,9-10H2,1-2H3,(H,20,22)(H,21,23). The van der Waals surface area contributed by atoms with E-state index >= 15 is 0 Å². The van der Waals surface area contributed by atoms with Gasteiger partial charge in [0.05, 0.1) is 11.6 Å². The van der Waals surface area contributed by atoms with Gasteiger partial charge in [0.2, 0.25) is 11.8 Å². The van der Waals surface area contributed by atoms with E-state index in [-0.39, 0.29) is 29.3 Å². The Kier molecular flexibility index (Phi) is 4.13. The minimum absolute atomic E-state index is 0.0586. The van der Waals surface area contributed by atoms with Crippen molar-refractivity contribution in [3.63, 3.8) is 0 Å². The molecule has 0 radical (unpaired) electrons. The van der Waals surface area contributed by atoms with Crippen molar-refractivity contribution in [3.05, 3.63) is 29.6 Å². The molecule has 124 valence electrons. The van der Waals surface area contributed by atoms with Gasteiger partial charge in [-0.3, -0.25) is 9.59 Å². The lowest BCUT2D eigenvalue weighted by molar-refractivity contribution is -0.125. The maximum Gasteiger partial charge on any atom is 0.232 e. The van der Waals surface area contributed by atoms with Gasteiger partial charge in [-0.1, -0.05) is 32.4 Å². The van der Waals surface area contributed by atoms with Gasteiger partial charge in [-0.05, 0) is 35.8 Å². The first-order valence-electron chi connectivity index (χ1n) is 8.24. The maximum atomic E-state index is 13.7. The van der Waals surface area contributed by atoms with Crippen molar-refractivity contribution in [2.75, 3.05) is 11.9 Å². The predicted octanol–water partition coefficient (Wildman–Crippen LogP) is 3.19. The molecule has 4 nitrogen and oxygen atoms in total. The monoisotopic (exact) mass is 318 g/mol. The predicted molar refractivity (Wildman–Crippen MR) is 86.5 cm³/mol. The van der Waals surface area contributed by atoms with E-state index in [1.807, 2.05) is 0 Å². The number of fused-ring (bicyclic) bond motifs is 1. The quantitative estimate of drug-likeness (QED) is 0.876. The lowest BCUT2D eigenvalue weighted by Crippen LogP contribution is -2.41. The Hall–Kier alpha value is -1.91. The average Bonchev–Trinajstić information content (AvgIpc) is 2.73. The first-order valence-corrected chi connectivity index (χ1v) is 8.24. The lowest BCUT2D eigenvalue weighted by atomic mass is 9.67. The summed E-state index contributed by atoms with van der Waals surface area (Å²) in [5.41, 5.74) is 0.865. The molecular formula is C18H23FN2O2. The Morgan fingerprint density at radius 1 is 1.39 bits per heavy atom. The summed E-state index contributed by atoms with van der Waals surface area (Å²) in [5.74, 6) is -0.863. The van der Waals surface area contributed by atoms with Crippen molar-refractivity contribution in [2.45, 2.75) is 45.4 Å². The fourth-order valence-electron chi connectivity index (χ4n) is 3.44. The molecule has 0 aromatic heterocycles. The smallest absolute Gasteiger partial charge is 0.232 e. The minimum Gasteiger partial charge on any atom is -0.356 e. The van der Waals surface area contributed by atoms with Gasteiger partial charge in [0.25, 0.3) is 0 Å². The Morgan fingerprint density at radius 3 is 2.78 bits per heavy atom. The number of carbonyl (C=O) groups is 2. The van der Waals surface area contributed by atoms with E-state index in [4.69, 9.17) is 0 Å². The zero-order chi connectivity index (χ0) is 16.6. The Morgan fingerprint density at radius 2 is 2.13 bits per heavy atom. The second-order valence-corrected chi connectivity index (χ2v) is 7.34. The van der Waals surface area contributed by atoms with Crippen molar-refractivity contribution in [3.8, 4) is 0 Å². The van der Waals surface area contributed by atoms with E-state index in [0.717, 1.165) is 0 Å². The second kappa shape index (κ2) is 5.95. The molecule has 1 aromatic rings. The highest BCUT2D eigenvalue weighted by Gasteiger charge is 2.36. The number of rotatable bonds is 5. The number of amides is 2. The third-order valence-electron chi connectivity index (χ3n) is 5.33. The van der Waals surface area contributed by atoms with Gasteiger partial charge in [-0.15, -0.1) is 0 Å². The number of hydrogen-bond acceptors (Lipinski definition) is 2. The molecule has 2 amide bonds. The number of anilines is 1. The molecule has 23 heavy (non-hydrogen) atoms. The summed E-state index contributed by atoms with van der Waals surface area (Å²) in [6, 6.07) is 4.58. The molecule has 1 aliphatic carbocycles. The van der Waals surface area contributed by atoms with Gasteiger partial charge >= 0.3 is 0 Å². The van der Waals surface area contributed by atoms with Crippen LogP contribution in [0.2, 0.25) is 0 Å². The highest BCUT2D eigenvalue weighted by molar-refractivity contribution is 6.05. The summed E-state index contributed by atoms with van der Waals surface area (Å²) in [6.07, 6.45) is 3.77. The summed E-state index contributed by atoms with van der Waals surface area (Å²) in [6.45, 7) is 4.95. The zero-order valence-electron chi connectivity index (χ0n) is 13.6. The molecule has 1 unspecified atom stereocenters. The van der Waals surface area contributed by atoms with Gasteiger partial charge < -0.3 is 10.6 Å². The molecule has 1 fully saturated rings. The third kappa shape index (κ3) is 3.09. The second-order valence-electron chi connectivity index (χ2n) is 7.34. The number of hydrogen-bond donors (Lipinski definition) is 2. The summed E-state index contributed by atoms with van der Waals surface area (Å²) in [5, 5.41) is 5.49. The van der Waals surface area contributed by atoms with Crippen molar-refractivity contribution in [2.24, 2.45) is 11.3 Å². The van der Waals surface area contributed by atoms with Crippen LogP contribution in [0.15, 0.2) is 18.2 Å². The largest absolute Gasteiger partial charge is 0.356 e. The molecular weight excluding hydrogens is 295 g/mol. The van der Waals surface area contributed by atoms with E-state index in [9.17, 15) is 14.0 Å². The van der Waals surface area contributed by atoms with E-state index in [1.54, 1.807) is 12.1 Å². The third-order valence-corrected chi connectivity index (χ3v) is 5.33. The molecule has 1 saturated carbocycles. The van der Waals surface area contributed by atoms with Crippen LogP contribution < -0.4 is 10.6 Å². The zero-order valence-corrected chi connectivity index (χ0v) is 13.6. The van der Waals surface area contributed by atoms with Gasteiger partial charge in [0.15, 0.2) is 0 Å². The molecule has 5 heteroatoms. The van der Waals surface area contributed by atoms with E-state index in [0.29, 0.717) is 18.0 Å². The average molecular weight is 318 g/mol. The van der Waals surface area contributed by atoms with Crippen LogP contribution in [0.4, 0.5) is 10.1 Å². The van der Waals surface area contributed by atoms with Crippen molar-refractivity contribution in [1.29, 1.82) is 0 Å². The van der Waals surface area contributed by atoms with Crippen LogP contribution in [-0.2, 0) is 9.59 Å². The summed E-state index contributed by atoms with van der Waals surface area (Å²) < 4.78 is 13.7. The van der Waals surface area contributed by atoms with Crippen LogP contribution in [0.5, 0.6) is 0 Å². The highest BCUT2D eigenvalue weighted by Crippen LogP contribution is 2.41. The van der Waals surface area contributed by atoms with Crippen LogP contribution >= 0.6 is 0 Å². The van der Waals surface area contributed by atoms with Gasteiger partial charge in [0, 0.05) is 13.0 Å². The van der Waals surface area contributed by atoms with Crippen molar-refractivity contribution in [1.82, 2.24) is 5.32 Å². The molecule has 1 atom stereocenters. The SMILES string of the molecule is CC(C)(CNC(=O)CC1C(=O)Nc2c(F)cccc21)C1CCC1. The number of benzene rings is 1. The highest BCUT2D eigenvalue weighted by atomic mass is 19.1. The molecule has 0 bridgehead atoms. The van der Waals surface area contributed by atoms with Crippen LogP contribution in [0.1, 0.15) is 51.0 Å². The number of para-hydroxylation sites is 1. The van der Waals surface area contributed by atoms with Crippen molar-refractivity contribution >= 4 is 17.5 Å². The van der Waals surface area contributed by atoms with E-state index in [1.165, 1.54) is 25.3 Å². The Balaban J connectivity index is 1.60. The molecule has 0 spiro atoms. The Bertz CT molecular complexity index is 638. The minimum atomic E-state index is -0.604. The molecule has 0 saturated heterocycles. The van der Waals surface area contributed by atoms with Crippen LogP contribution in [0.3, 0.4) is 0 Å². The molecule has 2 aliphatic rings. The number of halogens is 1. The van der Waals surface area contributed by atoms with Crippen LogP contribution in [0, 0.1) is 17.2 Å². The topological polar surface area (TPSA) is 58.2 Å². The Labute approximate surface area is 135 Å². The van der Waals surface area contributed by atoms with Gasteiger partial charge in [-0.25, -0.2) is 4.39 Å². The fourth-order valence-corrected chi connectivity index (χ4v) is 3.44. The fraction of sp³-hybridized carbons (Fsp3) is 0.556. The summed E-state index contributed by atoms with van der Waals surface area (Å²) in [4.78, 5) is 24.3. The van der Waals surface area contributed by atoms with E-state index in [2.05, 4.69) is 24.5 Å². The van der Waals surface area contributed by atoms with Crippen LogP contribution in [-0.4, -0.2) is 18.4 Å². The normalized spacial score (nSPS) is 20.7. The van der Waals surface area contributed by atoms with E-state index < -0.39 is 11.7 Å². The van der Waals surface area contributed by atoms with Crippen molar-refractivity contribution < 1.29 is 14.0 Å². The number of nitrogens with one attached hydrogen (secondary N) is 2. The molecule has 1 aromatic carbocycles. The van der Waals surface area contributed by atoms with Gasteiger partial charge in [-0.2, -0.15) is 0 Å². The van der Waals surface area contributed by atoms with Gasteiger partial charge in [0.1, 0.15) is 5.82 Å².